The Hall–Kier alpha value is -2.49. The van der Waals surface area contributed by atoms with E-state index in [1.165, 1.54) is 6.07 Å². The fraction of sp³-hybridized carbons (Fsp3) is 0.235. The van der Waals surface area contributed by atoms with E-state index in [0.29, 0.717) is 5.75 Å². The van der Waals surface area contributed by atoms with E-state index in [4.69, 9.17) is 4.74 Å². The molecule has 4 nitrogen and oxygen atoms in total. The standard InChI is InChI=1S/C17H16O4/c1-9-7-11(3-4-13(9)18)12-8-16(20)21-15-6-5-14(19)10(2)17(12)15/h3-7,12,18-19H,8H2,1-2H3. The first kappa shape index (κ1) is 13.5. The maximum atomic E-state index is 11.8. The number of fused-ring (bicyclic) bond motifs is 1. The molecule has 3 rings (SSSR count). The van der Waals surface area contributed by atoms with Crippen molar-refractivity contribution in [3.8, 4) is 17.2 Å². The van der Waals surface area contributed by atoms with Gasteiger partial charge in [0.05, 0.1) is 6.42 Å². The van der Waals surface area contributed by atoms with E-state index >= 15 is 0 Å². The number of carbonyl (C=O) groups is 1. The van der Waals surface area contributed by atoms with Crippen LogP contribution in [0, 0.1) is 13.8 Å². The van der Waals surface area contributed by atoms with E-state index in [0.717, 1.165) is 22.3 Å². The number of rotatable bonds is 1. The van der Waals surface area contributed by atoms with E-state index in [9.17, 15) is 15.0 Å². The third-order valence-electron chi connectivity index (χ3n) is 4.01. The van der Waals surface area contributed by atoms with Crippen molar-refractivity contribution in [1.82, 2.24) is 0 Å². The van der Waals surface area contributed by atoms with Gasteiger partial charge in [-0.3, -0.25) is 4.79 Å². The molecule has 0 radical (unpaired) electrons. The minimum absolute atomic E-state index is 0.173. The zero-order chi connectivity index (χ0) is 15.1. The first-order valence-electron chi connectivity index (χ1n) is 6.80. The normalized spacial score (nSPS) is 17.2. The Kier molecular flexibility index (Phi) is 3.09. The lowest BCUT2D eigenvalue weighted by atomic mass is 9.83. The van der Waals surface area contributed by atoms with Gasteiger partial charge in [-0.05, 0) is 48.7 Å². The molecular formula is C17H16O4. The first-order valence-corrected chi connectivity index (χ1v) is 6.80. The number of hydrogen-bond donors (Lipinski definition) is 2. The molecule has 1 unspecified atom stereocenters. The Morgan fingerprint density at radius 3 is 2.52 bits per heavy atom. The van der Waals surface area contributed by atoms with Crippen LogP contribution in [0.2, 0.25) is 0 Å². The van der Waals surface area contributed by atoms with Crippen molar-refractivity contribution < 1.29 is 19.7 Å². The van der Waals surface area contributed by atoms with Crippen LogP contribution in [0.3, 0.4) is 0 Å². The molecule has 0 aromatic heterocycles. The molecule has 0 saturated carbocycles. The van der Waals surface area contributed by atoms with Gasteiger partial charge in [-0.25, -0.2) is 0 Å². The van der Waals surface area contributed by atoms with Crippen LogP contribution in [0.4, 0.5) is 0 Å². The summed E-state index contributed by atoms with van der Waals surface area (Å²) in [5.41, 5.74) is 3.23. The highest BCUT2D eigenvalue weighted by Crippen LogP contribution is 2.43. The van der Waals surface area contributed by atoms with Gasteiger partial charge in [-0.1, -0.05) is 12.1 Å². The summed E-state index contributed by atoms with van der Waals surface area (Å²) in [5, 5.41) is 19.6. The zero-order valence-corrected chi connectivity index (χ0v) is 11.9. The van der Waals surface area contributed by atoms with Gasteiger partial charge in [-0.2, -0.15) is 0 Å². The van der Waals surface area contributed by atoms with E-state index in [-0.39, 0.29) is 29.8 Å². The average molecular weight is 284 g/mol. The van der Waals surface area contributed by atoms with Gasteiger partial charge in [0, 0.05) is 11.5 Å². The molecule has 2 aromatic carbocycles. The molecule has 2 aromatic rings. The second-order valence-electron chi connectivity index (χ2n) is 5.40. The molecule has 0 saturated heterocycles. The largest absolute Gasteiger partial charge is 0.508 e. The summed E-state index contributed by atoms with van der Waals surface area (Å²) in [4.78, 5) is 11.8. The van der Waals surface area contributed by atoms with E-state index < -0.39 is 0 Å². The van der Waals surface area contributed by atoms with Gasteiger partial charge in [0.15, 0.2) is 0 Å². The van der Waals surface area contributed by atoms with Crippen molar-refractivity contribution in [3.05, 3.63) is 52.6 Å². The second-order valence-corrected chi connectivity index (χ2v) is 5.40. The maximum absolute atomic E-state index is 11.8. The van der Waals surface area contributed by atoms with Crippen LogP contribution < -0.4 is 4.74 Å². The van der Waals surface area contributed by atoms with Crippen LogP contribution in [-0.4, -0.2) is 16.2 Å². The molecule has 0 bridgehead atoms. The molecule has 1 atom stereocenters. The molecule has 108 valence electrons. The number of hydrogen-bond acceptors (Lipinski definition) is 4. The molecule has 21 heavy (non-hydrogen) atoms. The highest BCUT2D eigenvalue weighted by molar-refractivity contribution is 5.78. The minimum atomic E-state index is -0.289. The molecule has 4 heteroatoms. The number of phenolic OH excluding ortho intramolecular Hbond substituents is 2. The van der Waals surface area contributed by atoms with Crippen molar-refractivity contribution in [3.63, 3.8) is 0 Å². The summed E-state index contributed by atoms with van der Waals surface area (Å²) in [6.07, 6.45) is 0.224. The van der Waals surface area contributed by atoms with Crippen molar-refractivity contribution in [2.24, 2.45) is 0 Å². The Morgan fingerprint density at radius 2 is 1.81 bits per heavy atom. The van der Waals surface area contributed by atoms with Crippen molar-refractivity contribution in [2.75, 3.05) is 0 Å². The maximum Gasteiger partial charge on any atom is 0.312 e. The molecular weight excluding hydrogens is 268 g/mol. The van der Waals surface area contributed by atoms with Gasteiger partial charge in [-0.15, -0.1) is 0 Å². The predicted octanol–water partition coefficient (Wildman–Crippen LogP) is 3.16. The molecule has 2 N–H and O–H groups in total. The highest BCUT2D eigenvalue weighted by atomic mass is 16.5. The Labute approximate surface area is 122 Å². The second kappa shape index (κ2) is 4.81. The zero-order valence-electron chi connectivity index (χ0n) is 11.9. The van der Waals surface area contributed by atoms with Crippen LogP contribution in [0.25, 0.3) is 0 Å². The molecule has 0 aliphatic carbocycles. The number of benzene rings is 2. The predicted molar refractivity (Wildman–Crippen MR) is 77.8 cm³/mol. The van der Waals surface area contributed by atoms with Crippen LogP contribution in [0.15, 0.2) is 30.3 Å². The smallest absolute Gasteiger partial charge is 0.312 e. The molecule has 1 heterocycles. The number of esters is 1. The number of ether oxygens (including phenoxy) is 1. The van der Waals surface area contributed by atoms with Gasteiger partial charge >= 0.3 is 5.97 Å². The fourth-order valence-electron chi connectivity index (χ4n) is 2.83. The molecule has 0 spiro atoms. The van der Waals surface area contributed by atoms with Crippen LogP contribution >= 0.6 is 0 Å². The summed E-state index contributed by atoms with van der Waals surface area (Å²) in [6.45, 7) is 3.63. The Morgan fingerprint density at radius 1 is 1.10 bits per heavy atom. The lowest BCUT2D eigenvalue weighted by Gasteiger charge is -2.27. The Balaban J connectivity index is 2.18. The van der Waals surface area contributed by atoms with Crippen molar-refractivity contribution >= 4 is 5.97 Å². The quantitative estimate of drug-likeness (QED) is 0.623. The summed E-state index contributed by atoms with van der Waals surface area (Å²) in [7, 11) is 0. The van der Waals surface area contributed by atoms with Gasteiger partial charge in [0.1, 0.15) is 17.2 Å². The van der Waals surface area contributed by atoms with Gasteiger partial charge in [0.25, 0.3) is 0 Å². The van der Waals surface area contributed by atoms with E-state index in [1.807, 2.05) is 19.9 Å². The van der Waals surface area contributed by atoms with Crippen molar-refractivity contribution in [2.45, 2.75) is 26.2 Å². The summed E-state index contributed by atoms with van der Waals surface area (Å²) in [5.74, 6) is 0.449. The van der Waals surface area contributed by atoms with Crippen molar-refractivity contribution in [1.29, 1.82) is 0 Å². The monoisotopic (exact) mass is 284 g/mol. The molecule has 0 amide bonds. The molecule has 1 aliphatic rings. The minimum Gasteiger partial charge on any atom is -0.508 e. The number of aryl methyl sites for hydroxylation is 1. The highest BCUT2D eigenvalue weighted by Gasteiger charge is 2.31. The summed E-state index contributed by atoms with van der Waals surface area (Å²) < 4.78 is 5.27. The third kappa shape index (κ3) is 2.23. The molecule has 0 fully saturated rings. The van der Waals surface area contributed by atoms with Gasteiger partial charge in [0.2, 0.25) is 0 Å². The number of carbonyl (C=O) groups excluding carboxylic acids is 1. The lowest BCUT2D eigenvalue weighted by Crippen LogP contribution is -2.22. The van der Waals surface area contributed by atoms with Gasteiger partial charge < -0.3 is 14.9 Å². The lowest BCUT2D eigenvalue weighted by molar-refractivity contribution is -0.135. The Bertz CT molecular complexity index is 734. The third-order valence-corrected chi connectivity index (χ3v) is 4.01. The average Bonchev–Trinajstić information content (AvgIpc) is 2.45. The first-order chi connectivity index (χ1) is 9.97. The topological polar surface area (TPSA) is 66.8 Å². The van der Waals surface area contributed by atoms with Crippen LogP contribution in [0.5, 0.6) is 17.2 Å². The van der Waals surface area contributed by atoms with E-state index in [2.05, 4.69) is 0 Å². The van der Waals surface area contributed by atoms with Crippen LogP contribution in [0.1, 0.15) is 34.6 Å². The molecule has 1 aliphatic heterocycles. The number of aromatic hydroxyl groups is 2. The van der Waals surface area contributed by atoms with E-state index in [1.54, 1.807) is 18.2 Å². The number of phenols is 2. The summed E-state index contributed by atoms with van der Waals surface area (Å²) in [6, 6.07) is 8.45. The fourth-order valence-corrected chi connectivity index (χ4v) is 2.83. The summed E-state index contributed by atoms with van der Waals surface area (Å²) >= 11 is 0. The van der Waals surface area contributed by atoms with Crippen LogP contribution in [-0.2, 0) is 4.79 Å². The SMILES string of the molecule is Cc1cc(C2CC(=O)Oc3ccc(O)c(C)c32)ccc1O.